The summed E-state index contributed by atoms with van der Waals surface area (Å²) in [6.45, 7) is 3.59. The molecule has 20 heavy (non-hydrogen) atoms. The molecule has 0 aliphatic rings. The molecule has 2 aromatic rings. The number of halogens is 2. The van der Waals surface area contributed by atoms with Crippen molar-refractivity contribution in [3.05, 3.63) is 63.9 Å². The highest BCUT2D eigenvalue weighted by atomic mass is 35.5. The molecular formula is C16H14ClFO2. The number of aryl methyl sites for hydroxylation is 1. The first-order valence-electron chi connectivity index (χ1n) is 6.15. The van der Waals surface area contributed by atoms with Crippen LogP contribution in [-0.2, 0) is 6.61 Å². The predicted molar refractivity (Wildman–Crippen MR) is 76.9 cm³/mol. The van der Waals surface area contributed by atoms with Crippen LogP contribution in [0.25, 0.3) is 0 Å². The number of ketones is 1. The van der Waals surface area contributed by atoms with E-state index in [2.05, 4.69) is 0 Å². The first kappa shape index (κ1) is 14.5. The maximum atomic E-state index is 13.0. The van der Waals surface area contributed by atoms with Crippen LogP contribution in [-0.4, -0.2) is 5.78 Å². The van der Waals surface area contributed by atoms with Gasteiger partial charge in [0.1, 0.15) is 18.2 Å². The minimum Gasteiger partial charge on any atom is -0.488 e. The second-order valence-electron chi connectivity index (χ2n) is 4.58. The van der Waals surface area contributed by atoms with Gasteiger partial charge in [0, 0.05) is 5.56 Å². The Bertz CT molecular complexity index is 653. The summed E-state index contributed by atoms with van der Waals surface area (Å²) in [6.07, 6.45) is 0. The second-order valence-corrected chi connectivity index (χ2v) is 4.99. The first-order valence-corrected chi connectivity index (χ1v) is 6.53. The van der Waals surface area contributed by atoms with Crippen LogP contribution in [0.4, 0.5) is 4.39 Å². The van der Waals surface area contributed by atoms with Crippen molar-refractivity contribution in [1.29, 1.82) is 0 Å². The average molecular weight is 293 g/mol. The lowest BCUT2D eigenvalue weighted by Gasteiger charge is -2.11. The maximum Gasteiger partial charge on any atom is 0.163 e. The second kappa shape index (κ2) is 6.06. The van der Waals surface area contributed by atoms with Crippen molar-refractivity contribution >= 4 is 17.4 Å². The van der Waals surface area contributed by atoms with E-state index in [4.69, 9.17) is 16.3 Å². The Morgan fingerprint density at radius 3 is 2.65 bits per heavy atom. The molecule has 0 unspecified atom stereocenters. The van der Waals surface area contributed by atoms with E-state index in [0.717, 1.165) is 5.56 Å². The molecule has 4 heteroatoms. The highest BCUT2D eigenvalue weighted by Gasteiger charge is 2.10. The van der Waals surface area contributed by atoms with E-state index in [-0.39, 0.29) is 12.4 Å². The van der Waals surface area contributed by atoms with E-state index in [1.54, 1.807) is 18.2 Å². The van der Waals surface area contributed by atoms with E-state index < -0.39 is 5.82 Å². The standard InChI is InChI=1S/C16H14ClFO2/c1-10-3-6-16(14(7-10)11(2)19)20-9-12-4-5-13(18)8-15(12)17/h3-8H,9H2,1-2H3. The molecule has 0 fully saturated rings. The van der Waals surface area contributed by atoms with E-state index in [1.807, 2.05) is 13.0 Å². The number of benzene rings is 2. The summed E-state index contributed by atoms with van der Waals surface area (Å²) >= 11 is 5.94. The summed E-state index contributed by atoms with van der Waals surface area (Å²) in [7, 11) is 0. The van der Waals surface area contributed by atoms with Gasteiger partial charge in [0.05, 0.1) is 10.6 Å². The normalized spacial score (nSPS) is 10.4. The zero-order chi connectivity index (χ0) is 14.7. The van der Waals surface area contributed by atoms with Crippen LogP contribution >= 0.6 is 11.6 Å². The first-order chi connectivity index (χ1) is 9.47. The number of hydrogen-bond acceptors (Lipinski definition) is 2. The molecular weight excluding hydrogens is 279 g/mol. The van der Waals surface area contributed by atoms with E-state index >= 15 is 0 Å². The molecule has 0 heterocycles. The topological polar surface area (TPSA) is 26.3 Å². The molecule has 0 radical (unpaired) electrons. The fourth-order valence-corrected chi connectivity index (χ4v) is 2.06. The lowest BCUT2D eigenvalue weighted by atomic mass is 10.1. The Hall–Kier alpha value is -1.87. The van der Waals surface area contributed by atoms with Gasteiger partial charge in [0.2, 0.25) is 0 Å². The molecule has 0 spiro atoms. The molecule has 0 saturated heterocycles. The van der Waals surface area contributed by atoms with Gasteiger partial charge >= 0.3 is 0 Å². The zero-order valence-electron chi connectivity index (χ0n) is 11.2. The lowest BCUT2D eigenvalue weighted by molar-refractivity contribution is 0.101. The van der Waals surface area contributed by atoms with Gasteiger partial charge in [0.25, 0.3) is 0 Å². The molecule has 0 aliphatic heterocycles. The SMILES string of the molecule is CC(=O)c1cc(C)ccc1OCc1ccc(F)cc1Cl. The van der Waals surface area contributed by atoms with Gasteiger partial charge in [-0.05, 0) is 38.1 Å². The molecule has 2 aromatic carbocycles. The van der Waals surface area contributed by atoms with Gasteiger partial charge in [-0.1, -0.05) is 29.3 Å². The van der Waals surface area contributed by atoms with Crippen molar-refractivity contribution < 1.29 is 13.9 Å². The van der Waals surface area contributed by atoms with Gasteiger partial charge in [-0.3, -0.25) is 4.79 Å². The largest absolute Gasteiger partial charge is 0.488 e. The molecule has 0 aliphatic carbocycles. The molecule has 0 N–H and O–H groups in total. The molecule has 0 atom stereocenters. The van der Waals surface area contributed by atoms with Gasteiger partial charge in [-0.15, -0.1) is 0 Å². The summed E-state index contributed by atoms with van der Waals surface area (Å²) in [5, 5.41) is 0.307. The van der Waals surface area contributed by atoms with Crippen LogP contribution in [0.5, 0.6) is 5.75 Å². The predicted octanol–water partition coefficient (Wildman–Crippen LogP) is 4.57. The van der Waals surface area contributed by atoms with E-state index in [1.165, 1.54) is 19.1 Å². The van der Waals surface area contributed by atoms with Gasteiger partial charge in [-0.25, -0.2) is 4.39 Å². The molecule has 0 bridgehead atoms. The third-order valence-corrected chi connectivity index (χ3v) is 3.26. The van der Waals surface area contributed by atoms with E-state index in [9.17, 15) is 9.18 Å². The monoisotopic (exact) mass is 292 g/mol. The van der Waals surface area contributed by atoms with Crippen molar-refractivity contribution in [3.8, 4) is 5.75 Å². The fraction of sp³-hybridized carbons (Fsp3) is 0.188. The van der Waals surface area contributed by atoms with Crippen molar-refractivity contribution in [2.75, 3.05) is 0 Å². The summed E-state index contributed by atoms with van der Waals surface area (Å²) in [5.41, 5.74) is 2.19. The highest BCUT2D eigenvalue weighted by Crippen LogP contribution is 2.24. The number of carbonyl (C=O) groups is 1. The maximum absolute atomic E-state index is 13.0. The van der Waals surface area contributed by atoms with Crippen LogP contribution in [0, 0.1) is 12.7 Å². The van der Waals surface area contributed by atoms with Crippen LogP contribution in [0.3, 0.4) is 0 Å². The van der Waals surface area contributed by atoms with Crippen LogP contribution in [0.1, 0.15) is 28.4 Å². The minimum absolute atomic E-state index is 0.0612. The fourth-order valence-electron chi connectivity index (χ4n) is 1.84. The summed E-state index contributed by atoms with van der Waals surface area (Å²) in [6, 6.07) is 9.54. The Balaban J connectivity index is 2.20. The summed E-state index contributed by atoms with van der Waals surface area (Å²) < 4.78 is 18.6. The van der Waals surface area contributed by atoms with Crippen molar-refractivity contribution in [2.45, 2.75) is 20.5 Å². The Kier molecular flexibility index (Phi) is 4.40. The number of Topliss-reactive ketones (excluding diaryl/α,β-unsaturated/α-hetero) is 1. The molecule has 0 aromatic heterocycles. The Morgan fingerprint density at radius 2 is 2.00 bits per heavy atom. The quantitative estimate of drug-likeness (QED) is 0.772. The third kappa shape index (κ3) is 3.36. The molecule has 2 nitrogen and oxygen atoms in total. The van der Waals surface area contributed by atoms with E-state index in [0.29, 0.717) is 21.9 Å². The van der Waals surface area contributed by atoms with Crippen LogP contribution in [0.2, 0.25) is 5.02 Å². The molecule has 0 saturated carbocycles. The van der Waals surface area contributed by atoms with Crippen molar-refractivity contribution in [3.63, 3.8) is 0 Å². The smallest absolute Gasteiger partial charge is 0.163 e. The van der Waals surface area contributed by atoms with Crippen molar-refractivity contribution in [1.82, 2.24) is 0 Å². The van der Waals surface area contributed by atoms with Crippen LogP contribution in [0.15, 0.2) is 36.4 Å². The minimum atomic E-state index is -0.390. The number of hydrogen-bond donors (Lipinski definition) is 0. The third-order valence-electron chi connectivity index (χ3n) is 2.91. The average Bonchev–Trinajstić information content (AvgIpc) is 2.38. The molecule has 0 amide bonds. The molecule has 104 valence electrons. The Morgan fingerprint density at radius 1 is 1.25 bits per heavy atom. The summed E-state index contributed by atoms with van der Waals surface area (Å²) in [5.74, 6) is 0.0518. The number of ether oxygens (including phenoxy) is 1. The van der Waals surface area contributed by atoms with Gasteiger partial charge in [-0.2, -0.15) is 0 Å². The van der Waals surface area contributed by atoms with Gasteiger partial charge < -0.3 is 4.74 Å². The van der Waals surface area contributed by atoms with Gasteiger partial charge in [0.15, 0.2) is 5.78 Å². The highest BCUT2D eigenvalue weighted by molar-refractivity contribution is 6.31. The zero-order valence-corrected chi connectivity index (χ0v) is 12.0. The van der Waals surface area contributed by atoms with Crippen LogP contribution < -0.4 is 4.74 Å². The number of rotatable bonds is 4. The lowest BCUT2D eigenvalue weighted by Crippen LogP contribution is -2.02. The van der Waals surface area contributed by atoms with Crippen molar-refractivity contribution in [2.24, 2.45) is 0 Å². The molecule has 2 rings (SSSR count). The Labute approximate surface area is 122 Å². The number of carbonyl (C=O) groups excluding carboxylic acids is 1. The summed E-state index contributed by atoms with van der Waals surface area (Å²) in [4.78, 5) is 11.6.